The van der Waals surface area contributed by atoms with Gasteiger partial charge in [-0.15, -0.1) is 0 Å². The number of rotatable bonds is 11. The number of methoxy groups -OCH3 is 1. The van der Waals surface area contributed by atoms with Crippen molar-refractivity contribution < 1.29 is 44.6 Å². The normalized spacial score (nSPS) is 14.2. The number of amides is 1. The van der Waals surface area contributed by atoms with Gasteiger partial charge in [-0.2, -0.15) is 13.2 Å². The molecule has 2 N–H and O–H groups in total. The predicted octanol–water partition coefficient (Wildman–Crippen LogP) is 0.547. The smallest absolute Gasteiger partial charge is 0.416 e. The van der Waals surface area contributed by atoms with E-state index < -0.39 is 17.6 Å². The van der Waals surface area contributed by atoms with Crippen molar-refractivity contribution >= 4 is 11.6 Å². The van der Waals surface area contributed by atoms with E-state index in [4.69, 9.17) is 14.2 Å². The molecule has 2 aromatic rings. The average molecular weight is 517 g/mol. The zero-order valence-corrected chi connectivity index (χ0v) is 20.3. The second-order valence-corrected chi connectivity index (χ2v) is 7.88. The quantitative estimate of drug-likeness (QED) is 0.425. The lowest BCUT2D eigenvalue weighted by atomic mass is 10.2. The zero-order valence-electron chi connectivity index (χ0n) is 19.5. The number of halogens is 4. The summed E-state index contributed by atoms with van der Waals surface area (Å²) < 4.78 is 54.7. The molecule has 0 aliphatic carbocycles. The fraction of sp³-hybridized carbons (Fsp3) is 0.458. The number of carbonyl (C=O) groups excluding carboxylic acids is 1. The lowest BCUT2D eigenvalue weighted by Gasteiger charge is -2.26. The second kappa shape index (κ2) is 14.1. The number of nitrogens with zero attached hydrogens (tertiary/aromatic N) is 1. The molecule has 0 radical (unpaired) electrons. The molecule has 1 aliphatic rings. The van der Waals surface area contributed by atoms with E-state index in [1.807, 2.05) is 12.1 Å². The molecule has 1 saturated heterocycles. The Bertz CT molecular complexity index is 940. The molecule has 0 bridgehead atoms. The van der Waals surface area contributed by atoms with Gasteiger partial charge in [0.1, 0.15) is 0 Å². The van der Waals surface area contributed by atoms with Crippen LogP contribution in [-0.2, 0) is 22.3 Å². The molecular weight excluding hydrogens is 487 g/mol. The summed E-state index contributed by atoms with van der Waals surface area (Å²) in [6.07, 6.45) is -3.44. The van der Waals surface area contributed by atoms with Crippen molar-refractivity contribution in [2.45, 2.75) is 19.1 Å². The van der Waals surface area contributed by atoms with Gasteiger partial charge < -0.3 is 37.3 Å². The molecule has 0 saturated carbocycles. The third kappa shape index (κ3) is 9.56. The summed E-state index contributed by atoms with van der Waals surface area (Å²) >= 11 is 0. The Morgan fingerprint density at radius 3 is 2.60 bits per heavy atom. The molecule has 1 heterocycles. The van der Waals surface area contributed by atoms with Gasteiger partial charge in [-0.05, 0) is 55.4 Å². The monoisotopic (exact) mass is 516 g/mol. The third-order valence-corrected chi connectivity index (χ3v) is 5.32. The highest BCUT2D eigenvalue weighted by Gasteiger charge is 2.30. The van der Waals surface area contributed by atoms with Gasteiger partial charge in [0.05, 0.1) is 25.9 Å². The number of morpholine rings is 1. The van der Waals surface area contributed by atoms with Crippen LogP contribution in [0.4, 0.5) is 18.9 Å². The largest absolute Gasteiger partial charge is 1.00 e. The lowest BCUT2D eigenvalue weighted by Crippen LogP contribution is -3.00. The number of benzene rings is 2. The minimum atomic E-state index is -4.48. The SMILES string of the molecule is COc1cc(CNCCCN2CCOCC2)ccc1OCC(=O)Nc1cccc(C(F)(F)F)c1.[Cl-]. The van der Waals surface area contributed by atoms with Crippen LogP contribution in [-0.4, -0.2) is 63.9 Å². The van der Waals surface area contributed by atoms with Crippen LogP contribution in [0.3, 0.4) is 0 Å². The number of carbonyl (C=O) groups is 1. The Kier molecular flexibility index (Phi) is 11.6. The van der Waals surface area contributed by atoms with Gasteiger partial charge in [0.15, 0.2) is 18.1 Å². The second-order valence-electron chi connectivity index (χ2n) is 7.88. The van der Waals surface area contributed by atoms with Crippen LogP contribution in [0.1, 0.15) is 17.5 Å². The van der Waals surface area contributed by atoms with Crippen LogP contribution < -0.4 is 32.5 Å². The van der Waals surface area contributed by atoms with Gasteiger partial charge >= 0.3 is 6.18 Å². The maximum absolute atomic E-state index is 12.8. The van der Waals surface area contributed by atoms with Crippen molar-refractivity contribution in [3.8, 4) is 11.5 Å². The topological polar surface area (TPSA) is 72.1 Å². The van der Waals surface area contributed by atoms with E-state index in [2.05, 4.69) is 15.5 Å². The Hall–Kier alpha value is -2.53. The molecule has 194 valence electrons. The van der Waals surface area contributed by atoms with Crippen LogP contribution in [0.2, 0.25) is 0 Å². The first-order valence-corrected chi connectivity index (χ1v) is 11.1. The van der Waals surface area contributed by atoms with Gasteiger partial charge in [0, 0.05) is 25.3 Å². The fourth-order valence-corrected chi connectivity index (χ4v) is 3.54. The first-order valence-electron chi connectivity index (χ1n) is 11.1. The molecule has 35 heavy (non-hydrogen) atoms. The van der Waals surface area contributed by atoms with Crippen molar-refractivity contribution in [2.75, 3.05) is 58.4 Å². The molecule has 0 aromatic heterocycles. The van der Waals surface area contributed by atoms with Crippen molar-refractivity contribution in [2.24, 2.45) is 0 Å². The van der Waals surface area contributed by atoms with Gasteiger partial charge in [0.25, 0.3) is 5.91 Å². The van der Waals surface area contributed by atoms with Crippen molar-refractivity contribution in [3.05, 3.63) is 53.6 Å². The molecular formula is C24H30ClF3N3O4-. The van der Waals surface area contributed by atoms with Crippen LogP contribution >= 0.6 is 0 Å². The van der Waals surface area contributed by atoms with Crippen LogP contribution in [0.15, 0.2) is 42.5 Å². The van der Waals surface area contributed by atoms with E-state index in [0.29, 0.717) is 18.0 Å². The lowest BCUT2D eigenvalue weighted by molar-refractivity contribution is -0.137. The summed E-state index contributed by atoms with van der Waals surface area (Å²) in [5.41, 5.74) is 0.215. The number of hydrogen-bond acceptors (Lipinski definition) is 6. The van der Waals surface area contributed by atoms with E-state index in [-0.39, 0.29) is 24.7 Å². The Labute approximate surface area is 209 Å². The Balaban J connectivity index is 0.00000432. The van der Waals surface area contributed by atoms with E-state index in [1.54, 1.807) is 6.07 Å². The van der Waals surface area contributed by atoms with Crippen molar-refractivity contribution in [3.63, 3.8) is 0 Å². The van der Waals surface area contributed by atoms with E-state index in [1.165, 1.54) is 19.2 Å². The molecule has 0 spiro atoms. The standard InChI is InChI=1S/C24H30F3N3O4.ClH/c1-32-22-14-18(16-28-8-3-9-30-10-12-33-13-11-30)6-7-21(22)34-17-23(31)29-20-5-2-4-19(15-20)24(25,26)27;/h2,4-7,14-15,28H,3,8-13,16-17H2,1H3,(H,29,31);1H/p-1. The molecule has 2 aromatic carbocycles. The highest BCUT2D eigenvalue weighted by Crippen LogP contribution is 2.31. The van der Waals surface area contributed by atoms with Crippen LogP contribution in [0.25, 0.3) is 0 Å². The molecule has 0 unspecified atom stereocenters. The molecule has 7 nitrogen and oxygen atoms in total. The molecule has 11 heteroatoms. The van der Waals surface area contributed by atoms with E-state index in [9.17, 15) is 18.0 Å². The molecule has 3 rings (SSSR count). The highest BCUT2D eigenvalue weighted by atomic mass is 35.5. The van der Waals surface area contributed by atoms with E-state index >= 15 is 0 Å². The van der Waals surface area contributed by atoms with Crippen molar-refractivity contribution in [1.29, 1.82) is 0 Å². The molecule has 1 aliphatic heterocycles. The van der Waals surface area contributed by atoms with Crippen LogP contribution in [0, 0.1) is 0 Å². The van der Waals surface area contributed by atoms with Gasteiger partial charge in [0.2, 0.25) is 0 Å². The maximum Gasteiger partial charge on any atom is 0.416 e. The van der Waals surface area contributed by atoms with Gasteiger partial charge in [-0.1, -0.05) is 12.1 Å². The number of alkyl halides is 3. The Morgan fingerprint density at radius 1 is 1.11 bits per heavy atom. The van der Waals surface area contributed by atoms with Gasteiger partial charge in [-0.3, -0.25) is 9.69 Å². The summed E-state index contributed by atoms with van der Waals surface area (Å²) in [7, 11) is 1.50. The molecule has 1 fully saturated rings. The number of anilines is 1. The minimum absolute atomic E-state index is 0. The average Bonchev–Trinajstić information content (AvgIpc) is 2.83. The molecule has 0 atom stereocenters. The van der Waals surface area contributed by atoms with Crippen LogP contribution in [0.5, 0.6) is 11.5 Å². The minimum Gasteiger partial charge on any atom is -1.00 e. The fourth-order valence-electron chi connectivity index (χ4n) is 3.54. The number of ether oxygens (including phenoxy) is 3. The summed E-state index contributed by atoms with van der Waals surface area (Å²) in [5, 5.41) is 5.82. The van der Waals surface area contributed by atoms with Gasteiger partial charge in [-0.25, -0.2) is 0 Å². The molecule has 1 amide bonds. The van der Waals surface area contributed by atoms with Crippen molar-refractivity contribution in [1.82, 2.24) is 10.2 Å². The zero-order chi connectivity index (χ0) is 24.4. The third-order valence-electron chi connectivity index (χ3n) is 5.32. The maximum atomic E-state index is 12.8. The first kappa shape index (κ1) is 28.7. The highest BCUT2D eigenvalue weighted by molar-refractivity contribution is 5.92. The number of nitrogens with one attached hydrogen (secondary N) is 2. The summed E-state index contributed by atoms with van der Waals surface area (Å²) in [5.74, 6) is 0.268. The summed E-state index contributed by atoms with van der Waals surface area (Å²) in [4.78, 5) is 14.5. The Morgan fingerprint density at radius 2 is 1.89 bits per heavy atom. The summed E-state index contributed by atoms with van der Waals surface area (Å²) in [6.45, 7) is 5.78. The summed E-state index contributed by atoms with van der Waals surface area (Å²) in [6, 6.07) is 9.85. The van der Waals surface area contributed by atoms with E-state index in [0.717, 1.165) is 63.5 Å². The first-order chi connectivity index (χ1) is 16.3. The predicted molar refractivity (Wildman–Crippen MR) is 122 cm³/mol. The number of hydrogen-bond donors (Lipinski definition) is 2.